The Bertz CT molecular complexity index is 804. The summed E-state index contributed by atoms with van der Waals surface area (Å²) in [5.41, 5.74) is 2.14. The zero-order valence-corrected chi connectivity index (χ0v) is 14.2. The van der Waals surface area contributed by atoms with E-state index in [4.69, 9.17) is 9.47 Å². The topological polar surface area (TPSA) is 76.7 Å². The maximum atomic E-state index is 12.2. The van der Waals surface area contributed by atoms with E-state index < -0.39 is 11.8 Å². The van der Waals surface area contributed by atoms with Crippen molar-refractivity contribution in [2.75, 3.05) is 17.4 Å². The second kappa shape index (κ2) is 7.25. The lowest BCUT2D eigenvalue weighted by molar-refractivity contribution is -0.133. The number of hydrogen-bond acceptors (Lipinski definition) is 4. The van der Waals surface area contributed by atoms with Crippen LogP contribution in [0.25, 0.3) is 0 Å². The molecule has 6 nitrogen and oxygen atoms in total. The van der Waals surface area contributed by atoms with Crippen LogP contribution in [0.15, 0.2) is 42.5 Å². The van der Waals surface area contributed by atoms with Gasteiger partial charge in [0.05, 0.1) is 0 Å². The molecule has 0 bridgehead atoms. The fraction of sp³-hybridized carbons (Fsp3) is 0.263. The molecule has 1 atom stereocenters. The molecule has 3 rings (SSSR count). The van der Waals surface area contributed by atoms with Crippen molar-refractivity contribution in [1.29, 1.82) is 0 Å². The number of amides is 2. The number of rotatable bonds is 4. The van der Waals surface area contributed by atoms with Crippen LogP contribution in [0.4, 0.5) is 11.4 Å². The molecule has 2 aromatic carbocycles. The molecule has 2 N–H and O–H groups in total. The van der Waals surface area contributed by atoms with Crippen molar-refractivity contribution in [2.45, 2.75) is 26.2 Å². The molecule has 2 amide bonds. The van der Waals surface area contributed by atoms with Crippen LogP contribution in [0.5, 0.6) is 11.5 Å². The molecule has 0 saturated heterocycles. The molecule has 2 aromatic rings. The highest BCUT2D eigenvalue weighted by atomic mass is 16.7. The number of para-hydroxylation sites is 1. The van der Waals surface area contributed by atoms with Gasteiger partial charge in [-0.3, -0.25) is 9.59 Å². The van der Waals surface area contributed by atoms with E-state index in [0.29, 0.717) is 22.9 Å². The average Bonchev–Trinajstić information content (AvgIpc) is 3.09. The number of hydrogen-bond donors (Lipinski definition) is 2. The number of carbonyl (C=O) groups is 2. The first kappa shape index (κ1) is 16.8. The van der Waals surface area contributed by atoms with E-state index in [1.165, 1.54) is 0 Å². The third-order valence-electron chi connectivity index (χ3n) is 4.19. The lowest BCUT2D eigenvalue weighted by atomic mass is 9.97. The van der Waals surface area contributed by atoms with E-state index in [2.05, 4.69) is 24.5 Å². The largest absolute Gasteiger partial charge is 0.454 e. The number of benzene rings is 2. The molecule has 130 valence electrons. The summed E-state index contributed by atoms with van der Waals surface area (Å²) < 4.78 is 10.5. The van der Waals surface area contributed by atoms with Crippen LogP contribution >= 0.6 is 0 Å². The molecular weight excluding hydrogens is 320 g/mol. The van der Waals surface area contributed by atoms with Crippen LogP contribution in [0.1, 0.15) is 31.7 Å². The molecule has 1 heterocycles. The van der Waals surface area contributed by atoms with Crippen molar-refractivity contribution in [1.82, 2.24) is 0 Å². The molecule has 0 radical (unpaired) electrons. The van der Waals surface area contributed by atoms with Gasteiger partial charge in [-0.15, -0.1) is 0 Å². The zero-order chi connectivity index (χ0) is 17.8. The Morgan fingerprint density at radius 2 is 1.76 bits per heavy atom. The Balaban J connectivity index is 1.68. The molecule has 6 heteroatoms. The normalized spacial score (nSPS) is 13.2. The number of carbonyl (C=O) groups excluding carboxylic acids is 2. The van der Waals surface area contributed by atoms with Gasteiger partial charge in [0.15, 0.2) is 11.5 Å². The van der Waals surface area contributed by atoms with Crippen molar-refractivity contribution < 1.29 is 19.1 Å². The third kappa shape index (κ3) is 3.74. The smallest absolute Gasteiger partial charge is 0.314 e. The Morgan fingerprint density at radius 3 is 2.56 bits per heavy atom. The fourth-order valence-corrected chi connectivity index (χ4v) is 2.60. The number of nitrogens with one attached hydrogen (secondary N) is 2. The van der Waals surface area contributed by atoms with Gasteiger partial charge in [-0.25, -0.2) is 0 Å². The predicted molar refractivity (Wildman–Crippen MR) is 95.0 cm³/mol. The molecule has 0 fully saturated rings. The summed E-state index contributed by atoms with van der Waals surface area (Å²) >= 11 is 0. The van der Waals surface area contributed by atoms with Crippen LogP contribution < -0.4 is 20.1 Å². The van der Waals surface area contributed by atoms with E-state index in [0.717, 1.165) is 12.0 Å². The summed E-state index contributed by atoms with van der Waals surface area (Å²) in [4.78, 5) is 24.4. The van der Waals surface area contributed by atoms with Gasteiger partial charge in [-0.2, -0.15) is 0 Å². The van der Waals surface area contributed by atoms with Gasteiger partial charge in [-0.1, -0.05) is 32.0 Å². The minimum Gasteiger partial charge on any atom is -0.454 e. The molecule has 1 aliphatic rings. The highest BCUT2D eigenvalue weighted by Crippen LogP contribution is 2.34. The van der Waals surface area contributed by atoms with Crippen LogP contribution in [0.3, 0.4) is 0 Å². The lowest BCUT2D eigenvalue weighted by Gasteiger charge is -2.15. The predicted octanol–water partition coefficient (Wildman–Crippen LogP) is 3.51. The molecular formula is C19H20N2O4. The quantitative estimate of drug-likeness (QED) is 0.835. The van der Waals surface area contributed by atoms with E-state index in [1.807, 2.05) is 18.2 Å². The van der Waals surface area contributed by atoms with Crippen LogP contribution in [0.2, 0.25) is 0 Å². The Labute approximate surface area is 146 Å². The van der Waals surface area contributed by atoms with Gasteiger partial charge in [0, 0.05) is 17.4 Å². The fourth-order valence-electron chi connectivity index (χ4n) is 2.60. The standard InChI is InChI=1S/C19H20N2O4/c1-3-12(2)14-6-4-5-7-15(14)21-19(23)18(22)20-13-8-9-16-17(10-13)25-11-24-16/h4-10,12H,3,11H2,1-2H3,(H,20,22)(H,21,23). The van der Waals surface area contributed by atoms with Crippen LogP contribution in [-0.4, -0.2) is 18.6 Å². The third-order valence-corrected chi connectivity index (χ3v) is 4.19. The maximum absolute atomic E-state index is 12.2. The second-order valence-corrected chi connectivity index (χ2v) is 5.87. The van der Waals surface area contributed by atoms with Crippen molar-refractivity contribution in [3.63, 3.8) is 0 Å². The van der Waals surface area contributed by atoms with Gasteiger partial charge in [0.1, 0.15) is 0 Å². The number of fused-ring (bicyclic) bond motifs is 1. The zero-order valence-electron chi connectivity index (χ0n) is 14.2. The van der Waals surface area contributed by atoms with Crippen molar-refractivity contribution in [3.8, 4) is 11.5 Å². The van der Waals surface area contributed by atoms with Gasteiger partial charge in [0.2, 0.25) is 6.79 Å². The van der Waals surface area contributed by atoms with Gasteiger partial charge >= 0.3 is 11.8 Å². The SMILES string of the molecule is CCC(C)c1ccccc1NC(=O)C(=O)Nc1ccc2c(c1)OCO2. The van der Waals surface area contributed by atoms with Crippen molar-refractivity contribution in [2.24, 2.45) is 0 Å². The van der Waals surface area contributed by atoms with E-state index >= 15 is 0 Å². The molecule has 0 spiro atoms. The summed E-state index contributed by atoms with van der Waals surface area (Å²) in [5, 5.41) is 5.26. The highest BCUT2D eigenvalue weighted by Gasteiger charge is 2.19. The molecule has 0 saturated carbocycles. The average molecular weight is 340 g/mol. The molecule has 1 unspecified atom stereocenters. The van der Waals surface area contributed by atoms with E-state index in [9.17, 15) is 9.59 Å². The number of anilines is 2. The Hall–Kier alpha value is -3.02. The minimum atomic E-state index is -0.738. The van der Waals surface area contributed by atoms with Crippen LogP contribution in [-0.2, 0) is 9.59 Å². The van der Waals surface area contributed by atoms with Gasteiger partial charge < -0.3 is 20.1 Å². The summed E-state index contributed by atoms with van der Waals surface area (Å²) in [6, 6.07) is 12.5. The van der Waals surface area contributed by atoms with Gasteiger partial charge in [0.25, 0.3) is 0 Å². The molecule has 1 aliphatic heterocycles. The first-order valence-corrected chi connectivity index (χ1v) is 8.19. The lowest BCUT2D eigenvalue weighted by Crippen LogP contribution is -2.29. The second-order valence-electron chi connectivity index (χ2n) is 5.87. The molecule has 0 aliphatic carbocycles. The summed E-state index contributed by atoms with van der Waals surface area (Å²) in [7, 11) is 0. The summed E-state index contributed by atoms with van der Waals surface area (Å²) in [6.07, 6.45) is 0.941. The summed E-state index contributed by atoms with van der Waals surface area (Å²) in [5.74, 6) is -0.00934. The molecule has 25 heavy (non-hydrogen) atoms. The number of ether oxygens (including phenoxy) is 2. The van der Waals surface area contributed by atoms with E-state index in [1.54, 1.807) is 24.3 Å². The van der Waals surface area contributed by atoms with Crippen LogP contribution in [0, 0.1) is 0 Å². The van der Waals surface area contributed by atoms with E-state index in [-0.39, 0.29) is 12.7 Å². The first-order chi connectivity index (χ1) is 12.1. The van der Waals surface area contributed by atoms with Gasteiger partial charge in [-0.05, 0) is 36.1 Å². The Kier molecular flexibility index (Phi) is 4.88. The minimum absolute atomic E-state index is 0.152. The first-order valence-electron chi connectivity index (χ1n) is 8.19. The van der Waals surface area contributed by atoms with Crippen molar-refractivity contribution >= 4 is 23.2 Å². The monoisotopic (exact) mass is 340 g/mol. The summed E-state index contributed by atoms with van der Waals surface area (Å²) in [6.45, 7) is 4.31. The van der Waals surface area contributed by atoms with Crippen molar-refractivity contribution in [3.05, 3.63) is 48.0 Å². The Morgan fingerprint density at radius 1 is 1.04 bits per heavy atom. The molecule has 0 aromatic heterocycles. The highest BCUT2D eigenvalue weighted by molar-refractivity contribution is 6.43. The maximum Gasteiger partial charge on any atom is 0.314 e.